The SMILES string of the molecule is c1ccc(-c2cccc(-n3c4ccccc4c4cc(-c5nnc(-c6cccc7c8ccccc8n(-c8cccc(-c9ccccc9)c8)c67)s5)ccc43)c2)cc1. The highest BCUT2D eigenvalue weighted by Gasteiger charge is 2.20. The lowest BCUT2D eigenvalue weighted by Crippen LogP contribution is -1.96. The van der Waals surface area contributed by atoms with Gasteiger partial charge in [0, 0.05) is 44.0 Å². The summed E-state index contributed by atoms with van der Waals surface area (Å²) in [4.78, 5) is 0. The third-order valence-electron chi connectivity index (χ3n) is 10.7. The van der Waals surface area contributed by atoms with Crippen molar-refractivity contribution < 1.29 is 0 Å². The zero-order valence-corrected chi connectivity index (χ0v) is 30.5. The molecule has 0 saturated carbocycles. The Bertz CT molecular complexity index is 3210. The molecule has 3 heterocycles. The van der Waals surface area contributed by atoms with Gasteiger partial charge in [0.1, 0.15) is 10.0 Å². The van der Waals surface area contributed by atoms with E-state index < -0.39 is 0 Å². The minimum absolute atomic E-state index is 0.893. The molecule has 0 saturated heterocycles. The molecule has 11 rings (SSSR count). The van der Waals surface area contributed by atoms with Crippen LogP contribution in [-0.2, 0) is 0 Å². The second-order valence-corrected chi connectivity index (χ2v) is 14.9. The van der Waals surface area contributed by atoms with Crippen LogP contribution in [0, 0.1) is 0 Å². The molecule has 4 nitrogen and oxygen atoms in total. The molecule has 0 radical (unpaired) electrons. The van der Waals surface area contributed by atoms with Gasteiger partial charge in [0.05, 0.1) is 22.1 Å². The van der Waals surface area contributed by atoms with E-state index in [4.69, 9.17) is 10.2 Å². The van der Waals surface area contributed by atoms with E-state index in [9.17, 15) is 0 Å². The van der Waals surface area contributed by atoms with Gasteiger partial charge in [-0.2, -0.15) is 0 Å². The second-order valence-electron chi connectivity index (χ2n) is 13.9. The molecule has 258 valence electrons. The van der Waals surface area contributed by atoms with Crippen LogP contribution in [-0.4, -0.2) is 19.3 Å². The van der Waals surface area contributed by atoms with Gasteiger partial charge in [0.15, 0.2) is 0 Å². The van der Waals surface area contributed by atoms with E-state index in [-0.39, 0.29) is 0 Å². The normalized spacial score (nSPS) is 11.6. The minimum atomic E-state index is 0.893. The molecule has 8 aromatic carbocycles. The molecular formula is C50H32N4S. The summed E-state index contributed by atoms with van der Waals surface area (Å²) in [5, 5.41) is 16.3. The Morgan fingerprint density at radius 1 is 0.327 bits per heavy atom. The maximum atomic E-state index is 4.87. The number of aromatic nitrogens is 4. The molecule has 0 bridgehead atoms. The second kappa shape index (κ2) is 12.8. The summed E-state index contributed by atoms with van der Waals surface area (Å²) in [6.07, 6.45) is 0. The van der Waals surface area contributed by atoms with E-state index in [1.165, 1.54) is 49.3 Å². The van der Waals surface area contributed by atoms with Crippen molar-refractivity contribution in [3.8, 4) is 54.8 Å². The average Bonchev–Trinajstić information content (AvgIpc) is 3.98. The van der Waals surface area contributed by atoms with Gasteiger partial charge in [0.2, 0.25) is 0 Å². The van der Waals surface area contributed by atoms with Gasteiger partial charge in [-0.1, -0.05) is 145 Å². The van der Waals surface area contributed by atoms with Gasteiger partial charge < -0.3 is 9.13 Å². The van der Waals surface area contributed by atoms with Crippen LogP contribution < -0.4 is 0 Å². The Balaban J connectivity index is 1.04. The Morgan fingerprint density at radius 3 is 1.53 bits per heavy atom. The predicted molar refractivity (Wildman–Crippen MR) is 230 cm³/mol. The van der Waals surface area contributed by atoms with Crippen LogP contribution in [0.25, 0.3) is 98.4 Å². The molecule has 55 heavy (non-hydrogen) atoms. The zero-order chi connectivity index (χ0) is 36.3. The molecule has 0 aliphatic heterocycles. The minimum Gasteiger partial charge on any atom is -0.309 e. The van der Waals surface area contributed by atoms with Crippen molar-refractivity contribution in [3.05, 3.63) is 194 Å². The number of nitrogens with zero attached hydrogens (tertiary/aromatic N) is 4. The van der Waals surface area contributed by atoms with Gasteiger partial charge in [0.25, 0.3) is 0 Å². The molecule has 3 aromatic heterocycles. The number of fused-ring (bicyclic) bond motifs is 6. The summed E-state index contributed by atoms with van der Waals surface area (Å²) in [7, 11) is 0. The van der Waals surface area contributed by atoms with Crippen molar-refractivity contribution in [2.75, 3.05) is 0 Å². The molecular weight excluding hydrogens is 689 g/mol. The van der Waals surface area contributed by atoms with Gasteiger partial charge in [-0.25, -0.2) is 0 Å². The Labute approximate surface area is 321 Å². The maximum Gasteiger partial charge on any atom is 0.150 e. The largest absolute Gasteiger partial charge is 0.309 e. The van der Waals surface area contributed by atoms with Gasteiger partial charge >= 0.3 is 0 Å². The van der Waals surface area contributed by atoms with Crippen LogP contribution >= 0.6 is 11.3 Å². The van der Waals surface area contributed by atoms with Crippen molar-refractivity contribution in [1.82, 2.24) is 19.3 Å². The van der Waals surface area contributed by atoms with Gasteiger partial charge in [-0.15, -0.1) is 10.2 Å². The Kier molecular flexibility index (Phi) is 7.32. The number of benzene rings is 8. The lowest BCUT2D eigenvalue weighted by molar-refractivity contribution is 1.10. The molecule has 0 atom stereocenters. The fraction of sp³-hybridized carbons (Fsp3) is 0. The Hall–Kier alpha value is -7.08. The first-order valence-corrected chi connectivity index (χ1v) is 19.3. The summed E-state index contributed by atoms with van der Waals surface area (Å²) in [6, 6.07) is 69.4. The molecule has 0 spiro atoms. The van der Waals surface area contributed by atoms with Crippen molar-refractivity contribution in [3.63, 3.8) is 0 Å². The van der Waals surface area contributed by atoms with E-state index in [1.807, 2.05) is 0 Å². The van der Waals surface area contributed by atoms with Crippen LogP contribution in [0.3, 0.4) is 0 Å². The van der Waals surface area contributed by atoms with E-state index >= 15 is 0 Å². The monoisotopic (exact) mass is 720 g/mol. The zero-order valence-electron chi connectivity index (χ0n) is 29.7. The van der Waals surface area contributed by atoms with E-state index in [1.54, 1.807) is 11.3 Å². The van der Waals surface area contributed by atoms with Crippen molar-refractivity contribution in [2.24, 2.45) is 0 Å². The topological polar surface area (TPSA) is 35.6 Å². The van der Waals surface area contributed by atoms with Gasteiger partial charge in [-0.3, -0.25) is 0 Å². The standard InChI is InChI=1S/C50H32N4S/c1-3-14-33(15-4-1)35-18-11-20-38(30-35)53-45-26-9-8-23-41(45)44-32-37(28-29-47(44)53)49-51-52-50(55-49)43-25-13-24-42-40-22-7-10-27-46(40)54(48(42)43)39-21-12-19-36(31-39)34-16-5-2-6-17-34/h1-32H. The lowest BCUT2D eigenvalue weighted by Gasteiger charge is -2.12. The van der Waals surface area contributed by atoms with E-state index in [2.05, 4.69) is 203 Å². The van der Waals surface area contributed by atoms with Crippen LogP contribution in [0.2, 0.25) is 0 Å². The molecule has 0 N–H and O–H groups in total. The van der Waals surface area contributed by atoms with E-state index in [0.29, 0.717) is 0 Å². The molecule has 0 aliphatic carbocycles. The summed E-state index contributed by atoms with van der Waals surface area (Å²) < 4.78 is 4.76. The van der Waals surface area contributed by atoms with Crippen LogP contribution in [0.1, 0.15) is 0 Å². The Morgan fingerprint density at radius 2 is 0.836 bits per heavy atom. The number of hydrogen-bond donors (Lipinski definition) is 0. The van der Waals surface area contributed by atoms with Crippen molar-refractivity contribution >= 4 is 54.9 Å². The molecule has 0 fully saturated rings. The van der Waals surface area contributed by atoms with Crippen molar-refractivity contribution in [1.29, 1.82) is 0 Å². The number of hydrogen-bond acceptors (Lipinski definition) is 3. The molecule has 0 aliphatic rings. The maximum absolute atomic E-state index is 4.87. The molecule has 0 unspecified atom stereocenters. The predicted octanol–water partition coefficient (Wildman–Crippen LogP) is 13.4. The average molecular weight is 721 g/mol. The fourth-order valence-corrected chi connectivity index (χ4v) is 9.07. The quantitative estimate of drug-likeness (QED) is 0.171. The molecule has 5 heteroatoms. The molecule has 0 amide bonds. The lowest BCUT2D eigenvalue weighted by atomic mass is 10.1. The third kappa shape index (κ3) is 5.20. The smallest absolute Gasteiger partial charge is 0.150 e. The van der Waals surface area contributed by atoms with Crippen LogP contribution in [0.15, 0.2) is 194 Å². The molecule has 11 aromatic rings. The number of para-hydroxylation sites is 3. The first kappa shape index (κ1) is 31.4. The highest BCUT2D eigenvalue weighted by Crippen LogP contribution is 2.42. The highest BCUT2D eigenvalue weighted by atomic mass is 32.1. The summed E-state index contributed by atoms with van der Waals surface area (Å²) in [6.45, 7) is 0. The number of rotatable bonds is 6. The summed E-state index contributed by atoms with van der Waals surface area (Å²) in [5.74, 6) is 0. The van der Waals surface area contributed by atoms with E-state index in [0.717, 1.165) is 49.1 Å². The highest BCUT2D eigenvalue weighted by molar-refractivity contribution is 7.18. The first-order valence-electron chi connectivity index (χ1n) is 18.5. The van der Waals surface area contributed by atoms with Crippen LogP contribution in [0.4, 0.5) is 0 Å². The van der Waals surface area contributed by atoms with Gasteiger partial charge in [-0.05, 0) is 82.9 Å². The van der Waals surface area contributed by atoms with Crippen LogP contribution in [0.5, 0.6) is 0 Å². The van der Waals surface area contributed by atoms with Crippen molar-refractivity contribution in [2.45, 2.75) is 0 Å². The first-order chi connectivity index (χ1) is 27.3. The fourth-order valence-electron chi connectivity index (χ4n) is 8.20. The summed E-state index contributed by atoms with van der Waals surface area (Å²) in [5.41, 5.74) is 13.8. The summed E-state index contributed by atoms with van der Waals surface area (Å²) >= 11 is 1.64. The third-order valence-corrected chi connectivity index (χ3v) is 11.7.